The fourth-order valence-electron chi connectivity index (χ4n) is 3.94. The van der Waals surface area contributed by atoms with E-state index in [1.807, 2.05) is 17.2 Å². The quantitative estimate of drug-likeness (QED) is 0.854. The van der Waals surface area contributed by atoms with Gasteiger partial charge in [0.25, 0.3) is 0 Å². The number of methoxy groups -OCH3 is 1. The Morgan fingerprint density at radius 1 is 1.35 bits per heavy atom. The van der Waals surface area contributed by atoms with Crippen molar-refractivity contribution in [3.63, 3.8) is 0 Å². The molecule has 0 bridgehead atoms. The Morgan fingerprint density at radius 2 is 2.22 bits per heavy atom. The molecule has 2 fully saturated rings. The number of pyridine rings is 1. The van der Waals surface area contributed by atoms with E-state index in [9.17, 15) is 4.79 Å². The lowest BCUT2D eigenvalue weighted by Gasteiger charge is -2.48. The van der Waals surface area contributed by atoms with Crippen molar-refractivity contribution in [1.82, 2.24) is 9.88 Å². The van der Waals surface area contributed by atoms with E-state index in [0.29, 0.717) is 19.6 Å². The van der Waals surface area contributed by atoms with Gasteiger partial charge in [0.1, 0.15) is 5.82 Å². The Balaban J connectivity index is 1.72. The highest BCUT2D eigenvalue weighted by Gasteiger charge is 2.41. The van der Waals surface area contributed by atoms with Crippen LogP contribution < -0.4 is 4.90 Å². The summed E-state index contributed by atoms with van der Waals surface area (Å²) < 4.78 is 5.16. The van der Waals surface area contributed by atoms with Gasteiger partial charge in [-0.2, -0.15) is 0 Å². The van der Waals surface area contributed by atoms with Crippen LogP contribution in [0, 0.1) is 12.3 Å². The second-order valence-corrected chi connectivity index (χ2v) is 7.02. The largest absolute Gasteiger partial charge is 0.383 e. The standard InChI is InChI=1S/C18H27N3O2/c1-15-5-8-19-16(12-15)20-9-3-6-18(13-20)7-4-17(22)21(14-18)10-11-23-2/h5,8,12H,3-4,6-7,9-11,13-14H2,1-2H3/t18-/m1/s1. The number of piperidine rings is 2. The molecule has 126 valence electrons. The molecular formula is C18H27N3O2. The summed E-state index contributed by atoms with van der Waals surface area (Å²) in [6.45, 7) is 6.35. The molecule has 0 unspecified atom stereocenters. The average molecular weight is 317 g/mol. The molecule has 1 amide bonds. The fourth-order valence-corrected chi connectivity index (χ4v) is 3.94. The number of aryl methyl sites for hydroxylation is 1. The van der Waals surface area contributed by atoms with Crippen LogP contribution in [0.1, 0.15) is 31.2 Å². The summed E-state index contributed by atoms with van der Waals surface area (Å²) in [6, 6.07) is 4.20. The monoisotopic (exact) mass is 317 g/mol. The number of hydrogen-bond donors (Lipinski definition) is 0. The second-order valence-electron chi connectivity index (χ2n) is 7.02. The zero-order valence-electron chi connectivity index (χ0n) is 14.3. The molecule has 3 rings (SSSR count). The highest BCUT2D eigenvalue weighted by atomic mass is 16.5. The number of carbonyl (C=O) groups excluding carboxylic acids is 1. The number of aromatic nitrogens is 1. The Bertz CT molecular complexity index is 563. The molecule has 5 nitrogen and oxygen atoms in total. The van der Waals surface area contributed by atoms with Gasteiger partial charge < -0.3 is 14.5 Å². The predicted molar refractivity (Wildman–Crippen MR) is 90.5 cm³/mol. The van der Waals surface area contributed by atoms with Crippen LogP contribution >= 0.6 is 0 Å². The van der Waals surface area contributed by atoms with Crippen molar-refractivity contribution in [1.29, 1.82) is 0 Å². The van der Waals surface area contributed by atoms with Crippen LogP contribution in [0.15, 0.2) is 18.3 Å². The Hall–Kier alpha value is -1.62. The molecule has 2 aliphatic rings. The number of anilines is 1. The van der Waals surface area contributed by atoms with Crippen LogP contribution in [0.4, 0.5) is 5.82 Å². The average Bonchev–Trinajstić information content (AvgIpc) is 2.56. The molecular weight excluding hydrogens is 290 g/mol. The minimum absolute atomic E-state index is 0.214. The number of ether oxygens (including phenoxy) is 1. The summed E-state index contributed by atoms with van der Waals surface area (Å²) in [5.74, 6) is 1.35. The SMILES string of the molecule is COCCN1C[C@]2(CCCN(c3cc(C)ccn3)C2)CCC1=O. The highest BCUT2D eigenvalue weighted by molar-refractivity contribution is 5.77. The van der Waals surface area contributed by atoms with Gasteiger partial charge in [0, 0.05) is 51.3 Å². The Kier molecular flexibility index (Phi) is 4.85. The minimum Gasteiger partial charge on any atom is -0.383 e. The van der Waals surface area contributed by atoms with Gasteiger partial charge in [-0.15, -0.1) is 0 Å². The molecule has 0 N–H and O–H groups in total. The third-order valence-corrected chi connectivity index (χ3v) is 5.20. The smallest absolute Gasteiger partial charge is 0.222 e. The van der Waals surface area contributed by atoms with Crippen LogP contribution in [0.5, 0.6) is 0 Å². The maximum absolute atomic E-state index is 12.2. The highest BCUT2D eigenvalue weighted by Crippen LogP contribution is 2.39. The van der Waals surface area contributed by atoms with Gasteiger partial charge in [-0.05, 0) is 43.9 Å². The second kappa shape index (κ2) is 6.87. The van der Waals surface area contributed by atoms with Crippen LogP contribution in [0.25, 0.3) is 0 Å². The topological polar surface area (TPSA) is 45.7 Å². The van der Waals surface area contributed by atoms with Crippen molar-refractivity contribution >= 4 is 11.7 Å². The first kappa shape index (κ1) is 16.2. The van der Waals surface area contributed by atoms with E-state index in [1.165, 1.54) is 18.4 Å². The van der Waals surface area contributed by atoms with Gasteiger partial charge in [-0.3, -0.25) is 4.79 Å². The van der Waals surface area contributed by atoms with Crippen molar-refractivity contribution in [2.45, 2.75) is 32.6 Å². The van der Waals surface area contributed by atoms with Gasteiger partial charge in [0.05, 0.1) is 6.61 Å². The van der Waals surface area contributed by atoms with Gasteiger partial charge in [0.2, 0.25) is 5.91 Å². The molecule has 1 aromatic heterocycles. The summed E-state index contributed by atoms with van der Waals surface area (Å²) in [7, 11) is 1.69. The van der Waals surface area contributed by atoms with E-state index >= 15 is 0 Å². The summed E-state index contributed by atoms with van der Waals surface area (Å²) in [4.78, 5) is 21.1. The number of rotatable bonds is 4. The Labute approximate surface area is 138 Å². The number of carbonyl (C=O) groups is 1. The zero-order valence-corrected chi connectivity index (χ0v) is 14.3. The number of amides is 1. The van der Waals surface area contributed by atoms with Crippen LogP contribution in [0.2, 0.25) is 0 Å². The molecule has 1 spiro atoms. The predicted octanol–water partition coefficient (Wildman–Crippen LogP) is 2.25. The van der Waals surface area contributed by atoms with E-state index in [2.05, 4.69) is 22.9 Å². The lowest BCUT2D eigenvalue weighted by molar-refractivity contribution is -0.138. The first-order chi connectivity index (χ1) is 11.1. The molecule has 2 saturated heterocycles. The third-order valence-electron chi connectivity index (χ3n) is 5.20. The Morgan fingerprint density at radius 3 is 3.00 bits per heavy atom. The molecule has 0 radical (unpaired) electrons. The fraction of sp³-hybridized carbons (Fsp3) is 0.667. The van der Waals surface area contributed by atoms with Crippen molar-refractivity contribution in [2.75, 3.05) is 44.8 Å². The molecule has 0 aliphatic carbocycles. The van der Waals surface area contributed by atoms with E-state index in [0.717, 1.165) is 31.9 Å². The van der Waals surface area contributed by atoms with Crippen LogP contribution in [-0.4, -0.2) is 55.7 Å². The zero-order chi connectivity index (χ0) is 16.3. The third kappa shape index (κ3) is 3.66. The number of nitrogens with zero attached hydrogens (tertiary/aromatic N) is 3. The lowest BCUT2D eigenvalue weighted by atomic mass is 9.73. The van der Waals surface area contributed by atoms with Gasteiger partial charge in [0.15, 0.2) is 0 Å². The van der Waals surface area contributed by atoms with E-state index < -0.39 is 0 Å². The van der Waals surface area contributed by atoms with E-state index in [-0.39, 0.29) is 11.3 Å². The van der Waals surface area contributed by atoms with E-state index in [1.54, 1.807) is 7.11 Å². The first-order valence-electron chi connectivity index (χ1n) is 8.56. The summed E-state index contributed by atoms with van der Waals surface area (Å²) in [6.07, 6.45) is 5.92. The molecule has 0 saturated carbocycles. The molecule has 3 heterocycles. The minimum atomic E-state index is 0.214. The van der Waals surface area contributed by atoms with Crippen LogP contribution in [0.3, 0.4) is 0 Å². The molecule has 1 aromatic rings. The van der Waals surface area contributed by atoms with E-state index in [4.69, 9.17) is 4.74 Å². The number of likely N-dealkylation sites (tertiary alicyclic amines) is 1. The van der Waals surface area contributed by atoms with Crippen molar-refractivity contribution in [3.05, 3.63) is 23.9 Å². The summed E-state index contributed by atoms with van der Waals surface area (Å²) in [5, 5.41) is 0. The lowest BCUT2D eigenvalue weighted by Crippen LogP contribution is -2.54. The van der Waals surface area contributed by atoms with Gasteiger partial charge in [-0.25, -0.2) is 4.98 Å². The van der Waals surface area contributed by atoms with Crippen molar-refractivity contribution in [3.8, 4) is 0 Å². The normalized spacial score (nSPS) is 25.2. The van der Waals surface area contributed by atoms with Crippen molar-refractivity contribution < 1.29 is 9.53 Å². The van der Waals surface area contributed by atoms with Crippen LogP contribution in [-0.2, 0) is 9.53 Å². The summed E-state index contributed by atoms with van der Waals surface area (Å²) >= 11 is 0. The maximum Gasteiger partial charge on any atom is 0.222 e. The summed E-state index contributed by atoms with van der Waals surface area (Å²) in [5.41, 5.74) is 1.46. The molecule has 5 heteroatoms. The van der Waals surface area contributed by atoms with Gasteiger partial charge >= 0.3 is 0 Å². The molecule has 23 heavy (non-hydrogen) atoms. The molecule has 2 aliphatic heterocycles. The van der Waals surface area contributed by atoms with Gasteiger partial charge in [-0.1, -0.05) is 0 Å². The first-order valence-corrected chi connectivity index (χ1v) is 8.56. The molecule has 0 aromatic carbocycles. The maximum atomic E-state index is 12.2. The number of hydrogen-bond acceptors (Lipinski definition) is 4. The van der Waals surface area contributed by atoms with Crippen molar-refractivity contribution in [2.24, 2.45) is 5.41 Å². The molecule has 1 atom stereocenters.